The van der Waals surface area contributed by atoms with Crippen LogP contribution < -0.4 is 4.74 Å². The zero-order valence-electron chi connectivity index (χ0n) is 19.7. The van der Waals surface area contributed by atoms with Gasteiger partial charge >= 0.3 is 11.6 Å². The minimum absolute atomic E-state index is 0.0197. The Morgan fingerprint density at radius 2 is 1.94 bits per heavy atom. The van der Waals surface area contributed by atoms with Crippen molar-refractivity contribution >= 4 is 14.0 Å². The van der Waals surface area contributed by atoms with Crippen LogP contribution in [0.5, 0.6) is 5.88 Å². The zero-order valence-corrected chi connectivity index (χ0v) is 20.7. The molecule has 0 amide bonds. The van der Waals surface area contributed by atoms with Crippen LogP contribution in [0.2, 0.25) is 18.1 Å². The number of nitro groups is 1. The first-order valence-electron chi connectivity index (χ1n) is 10.9. The molecule has 2 aromatic rings. The van der Waals surface area contributed by atoms with E-state index in [1.807, 2.05) is 19.9 Å². The molecular formula is C22H34N4O4Si. The zero-order chi connectivity index (χ0) is 23.0. The van der Waals surface area contributed by atoms with E-state index < -0.39 is 8.32 Å². The summed E-state index contributed by atoms with van der Waals surface area (Å²) in [6.45, 7) is 15.7. The minimum atomic E-state index is -1.82. The van der Waals surface area contributed by atoms with Crippen molar-refractivity contribution in [2.45, 2.75) is 77.9 Å². The van der Waals surface area contributed by atoms with E-state index in [1.54, 1.807) is 10.9 Å². The van der Waals surface area contributed by atoms with Crippen LogP contribution in [0.25, 0.3) is 5.69 Å². The van der Waals surface area contributed by atoms with Gasteiger partial charge in [0.05, 0.1) is 22.9 Å². The molecular weight excluding hydrogens is 412 g/mol. The van der Waals surface area contributed by atoms with Crippen LogP contribution in [0.1, 0.15) is 62.9 Å². The third-order valence-corrected chi connectivity index (χ3v) is 10.8. The van der Waals surface area contributed by atoms with E-state index in [0.717, 1.165) is 29.8 Å². The highest BCUT2D eigenvalue weighted by molar-refractivity contribution is 6.74. The predicted octanol–water partition coefficient (Wildman–Crippen LogP) is 5.46. The molecule has 0 N–H and O–H groups in total. The normalized spacial score (nSPS) is 14.7. The number of rotatable bonds is 9. The molecule has 2 aromatic heterocycles. The molecule has 8 nitrogen and oxygen atoms in total. The molecule has 0 bridgehead atoms. The molecule has 1 aliphatic rings. The lowest BCUT2D eigenvalue weighted by atomic mass is 10.2. The van der Waals surface area contributed by atoms with Gasteiger partial charge in [-0.3, -0.25) is 15.1 Å². The number of hydrogen-bond acceptors (Lipinski definition) is 6. The number of nitrogens with zero attached hydrogens (tertiary/aromatic N) is 4. The summed E-state index contributed by atoms with van der Waals surface area (Å²) in [5.41, 5.74) is 3.12. The van der Waals surface area contributed by atoms with E-state index in [9.17, 15) is 10.1 Å². The fourth-order valence-electron chi connectivity index (χ4n) is 3.19. The highest BCUT2D eigenvalue weighted by Crippen LogP contribution is 2.48. The predicted molar refractivity (Wildman–Crippen MR) is 123 cm³/mol. The van der Waals surface area contributed by atoms with E-state index in [0.29, 0.717) is 25.3 Å². The van der Waals surface area contributed by atoms with Crippen LogP contribution in [0.15, 0.2) is 12.3 Å². The largest absolute Gasteiger partial charge is 0.472 e. The Labute approximate surface area is 185 Å². The Bertz CT molecular complexity index is 961. The van der Waals surface area contributed by atoms with E-state index >= 15 is 0 Å². The van der Waals surface area contributed by atoms with Crippen LogP contribution in [-0.4, -0.2) is 41.2 Å². The van der Waals surface area contributed by atoms with Crippen molar-refractivity contribution in [3.05, 3.63) is 39.3 Å². The van der Waals surface area contributed by atoms with Gasteiger partial charge in [0, 0.05) is 25.1 Å². The molecule has 0 saturated heterocycles. The SMILES string of the molecule is Cc1cnc(C)c(-n2nc(OCCCO[Si](C)(C)C(C)(C)C)c([N+](=O)[O-])c2C2CC2)c1. The van der Waals surface area contributed by atoms with Gasteiger partial charge in [0.15, 0.2) is 8.32 Å². The summed E-state index contributed by atoms with van der Waals surface area (Å²) >= 11 is 0. The van der Waals surface area contributed by atoms with Gasteiger partial charge in [-0.1, -0.05) is 20.8 Å². The first-order valence-corrected chi connectivity index (χ1v) is 13.8. The Morgan fingerprint density at radius 3 is 2.52 bits per heavy atom. The van der Waals surface area contributed by atoms with Crippen molar-refractivity contribution in [3.63, 3.8) is 0 Å². The average molecular weight is 447 g/mol. The van der Waals surface area contributed by atoms with Crippen LogP contribution in [0.3, 0.4) is 0 Å². The molecule has 3 rings (SSSR count). The summed E-state index contributed by atoms with van der Waals surface area (Å²) in [5.74, 6) is 0.215. The van der Waals surface area contributed by atoms with Gasteiger partial charge in [-0.05, 0) is 56.5 Å². The fraction of sp³-hybridized carbons (Fsp3) is 0.636. The second-order valence-corrected chi connectivity index (χ2v) is 14.7. The summed E-state index contributed by atoms with van der Waals surface area (Å²) in [7, 11) is -1.82. The first kappa shape index (κ1) is 23.4. The standard InChI is InChI=1S/C22H34N4O4Si/c1-15-13-18(16(2)23-14-15)25-19(17-9-10-17)20(26(27)28)21(24-25)29-11-8-12-30-31(6,7)22(3,4)5/h13-14,17H,8-12H2,1-7H3. The minimum Gasteiger partial charge on any atom is -0.472 e. The molecule has 0 unspecified atom stereocenters. The Morgan fingerprint density at radius 1 is 1.26 bits per heavy atom. The van der Waals surface area contributed by atoms with Gasteiger partial charge in [0.2, 0.25) is 0 Å². The number of aryl methyl sites for hydroxylation is 2. The Kier molecular flexibility index (Phi) is 6.57. The smallest absolute Gasteiger partial charge is 0.354 e. The second-order valence-electron chi connectivity index (χ2n) is 9.91. The molecule has 170 valence electrons. The van der Waals surface area contributed by atoms with Gasteiger partial charge in [-0.2, -0.15) is 0 Å². The maximum Gasteiger partial charge on any atom is 0.354 e. The quantitative estimate of drug-likeness (QED) is 0.220. The van der Waals surface area contributed by atoms with Gasteiger partial charge in [-0.25, -0.2) is 4.68 Å². The summed E-state index contributed by atoms with van der Waals surface area (Å²) in [6, 6.07) is 1.96. The molecule has 1 aliphatic carbocycles. The van der Waals surface area contributed by atoms with E-state index in [-0.39, 0.29) is 27.4 Å². The van der Waals surface area contributed by atoms with Crippen molar-refractivity contribution in [2.75, 3.05) is 13.2 Å². The molecule has 0 radical (unpaired) electrons. The molecule has 0 aliphatic heterocycles. The van der Waals surface area contributed by atoms with E-state index in [1.165, 1.54) is 0 Å². The Balaban J connectivity index is 1.80. The van der Waals surface area contributed by atoms with E-state index in [2.05, 4.69) is 43.9 Å². The Hall–Kier alpha value is -2.26. The lowest BCUT2D eigenvalue weighted by Crippen LogP contribution is -2.41. The number of pyridine rings is 1. The topological polar surface area (TPSA) is 92.3 Å². The molecule has 2 heterocycles. The van der Waals surface area contributed by atoms with E-state index in [4.69, 9.17) is 9.16 Å². The maximum atomic E-state index is 11.9. The molecule has 9 heteroatoms. The van der Waals surface area contributed by atoms with Crippen molar-refractivity contribution < 1.29 is 14.1 Å². The van der Waals surface area contributed by atoms with Gasteiger partial charge in [-0.15, -0.1) is 5.10 Å². The highest BCUT2D eigenvalue weighted by Gasteiger charge is 2.40. The monoisotopic (exact) mass is 446 g/mol. The molecule has 0 atom stereocenters. The van der Waals surface area contributed by atoms with Crippen molar-refractivity contribution in [3.8, 4) is 11.6 Å². The number of ether oxygens (including phenoxy) is 1. The van der Waals surface area contributed by atoms with Crippen LogP contribution in [0.4, 0.5) is 5.69 Å². The number of aromatic nitrogens is 3. The van der Waals surface area contributed by atoms with Crippen molar-refractivity contribution in [1.82, 2.24) is 14.8 Å². The summed E-state index contributed by atoms with van der Waals surface area (Å²) in [6.07, 6.45) is 4.28. The lowest BCUT2D eigenvalue weighted by molar-refractivity contribution is -0.386. The molecule has 0 aromatic carbocycles. The highest BCUT2D eigenvalue weighted by atomic mass is 28.4. The van der Waals surface area contributed by atoms with Crippen LogP contribution >= 0.6 is 0 Å². The molecule has 1 fully saturated rings. The third kappa shape index (κ3) is 5.15. The molecule has 1 saturated carbocycles. The second kappa shape index (κ2) is 8.70. The molecule has 0 spiro atoms. The summed E-state index contributed by atoms with van der Waals surface area (Å²) in [4.78, 5) is 16.0. The average Bonchev–Trinajstić information content (AvgIpc) is 3.43. The van der Waals surface area contributed by atoms with Gasteiger partial charge in [0.25, 0.3) is 0 Å². The number of hydrogen-bond donors (Lipinski definition) is 0. The summed E-state index contributed by atoms with van der Waals surface area (Å²) in [5, 5.41) is 16.6. The van der Waals surface area contributed by atoms with Gasteiger partial charge in [0.1, 0.15) is 5.69 Å². The fourth-order valence-corrected chi connectivity index (χ4v) is 4.27. The van der Waals surface area contributed by atoms with Crippen molar-refractivity contribution in [1.29, 1.82) is 0 Å². The molecule has 31 heavy (non-hydrogen) atoms. The van der Waals surface area contributed by atoms with Crippen LogP contribution in [0, 0.1) is 24.0 Å². The third-order valence-electron chi connectivity index (χ3n) is 6.23. The first-order chi connectivity index (χ1) is 14.4. The summed E-state index contributed by atoms with van der Waals surface area (Å²) < 4.78 is 13.7. The lowest BCUT2D eigenvalue weighted by Gasteiger charge is -2.36. The van der Waals surface area contributed by atoms with Crippen LogP contribution in [-0.2, 0) is 4.43 Å². The van der Waals surface area contributed by atoms with Gasteiger partial charge < -0.3 is 9.16 Å². The van der Waals surface area contributed by atoms with Crippen molar-refractivity contribution in [2.24, 2.45) is 0 Å². The maximum absolute atomic E-state index is 11.9.